The highest BCUT2D eigenvalue weighted by molar-refractivity contribution is 9.11. The predicted octanol–water partition coefficient (Wildman–Crippen LogP) is 5.48. The molecule has 1 amide bonds. The summed E-state index contributed by atoms with van der Waals surface area (Å²) in [6.45, 7) is 0. The van der Waals surface area contributed by atoms with Gasteiger partial charge < -0.3 is 10.4 Å². The fourth-order valence-corrected chi connectivity index (χ4v) is 3.03. The molecule has 0 aliphatic carbocycles. The summed E-state index contributed by atoms with van der Waals surface area (Å²) in [6.07, 6.45) is 0. The number of carbonyl (C=O) groups excluding carboxylic acids is 1. The van der Waals surface area contributed by atoms with Crippen LogP contribution in [-0.2, 0) is 0 Å². The molecular weight excluding hydrogens is 433 g/mol. The summed E-state index contributed by atoms with van der Waals surface area (Å²) in [7, 11) is 0. The largest absolute Gasteiger partial charge is 0.506 e. The van der Waals surface area contributed by atoms with E-state index in [1.165, 1.54) is 12.1 Å². The van der Waals surface area contributed by atoms with E-state index in [2.05, 4.69) is 37.2 Å². The number of halogens is 4. The van der Waals surface area contributed by atoms with E-state index in [0.717, 1.165) is 0 Å². The number of hydrogen-bond acceptors (Lipinski definition) is 2. The molecule has 2 aromatic rings. The molecule has 2 rings (SSSR count). The summed E-state index contributed by atoms with van der Waals surface area (Å²) in [5.74, 6) is -0.589. The van der Waals surface area contributed by atoms with Crippen LogP contribution in [0.2, 0.25) is 10.0 Å². The van der Waals surface area contributed by atoms with Gasteiger partial charge in [0.05, 0.1) is 20.1 Å². The third-order valence-electron chi connectivity index (χ3n) is 2.45. The third kappa shape index (κ3) is 3.47. The monoisotopic (exact) mass is 437 g/mol. The molecule has 0 saturated carbocycles. The maximum atomic E-state index is 12.1. The summed E-state index contributed by atoms with van der Waals surface area (Å²) in [4.78, 5) is 12.1. The third-order valence-corrected chi connectivity index (χ3v) is 4.25. The molecule has 0 bridgehead atoms. The summed E-state index contributed by atoms with van der Waals surface area (Å²) in [6, 6.07) is 7.90. The van der Waals surface area contributed by atoms with Crippen molar-refractivity contribution in [2.75, 3.05) is 5.32 Å². The standard InChI is InChI=1S/C13H7Br2Cl2NO2/c14-6-3-8(12(19)9(15)4-6)13(20)18-7-1-2-10(16)11(17)5-7/h1-5,19H,(H,18,20). The number of anilines is 1. The number of hydrogen-bond donors (Lipinski definition) is 2. The number of carbonyl (C=O) groups is 1. The fourth-order valence-electron chi connectivity index (χ4n) is 1.51. The summed E-state index contributed by atoms with van der Waals surface area (Å²) in [5.41, 5.74) is 0.622. The van der Waals surface area contributed by atoms with Gasteiger partial charge in [0.15, 0.2) is 0 Å². The minimum absolute atomic E-state index is 0.134. The number of amides is 1. The van der Waals surface area contributed by atoms with E-state index in [0.29, 0.717) is 24.7 Å². The first-order valence-electron chi connectivity index (χ1n) is 5.33. The quantitative estimate of drug-likeness (QED) is 0.651. The Morgan fingerprint density at radius 2 is 1.80 bits per heavy atom. The molecule has 2 aromatic carbocycles. The van der Waals surface area contributed by atoms with Gasteiger partial charge in [0.25, 0.3) is 5.91 Å². The topological polar surface area (TPSA) is 49.3 Å². The fraction of sp³-hybridized carbons (Fsp3) is 0. The van der Waals surface area contributed by atoms with E-state index < -0.39 is 5.91 Å². The highest BCUT2D eigenvalue weighted by Gasteiger charge is 2.15. The Morgan fingerprint density at radius 1 is 1.10 bits per heavy atom. The van der Waals surface area contributed by atoms with Gasteiger partial charge in [-0.1, -0.05) is 39.1 Å². The van der Waals surface area contributed by atoms with Crippen LogP contribution < -0.4 is 5.32 Å². The van der Waals surface area contributed by atoms with Gasteiger partial charge in [-0.15, -0.1) is 0 Å². The normalized spacial score (nSPS) is 10.4. The van der Waals surface area contributed by atoms with Crippen LogP contribution in [0.25, 0.3) is 0 Å². The lowest BCUT2D eigenvalue weighted by Gasteiger charge is -2.09. The van der Waals surface area contributed by atoms with Crippen LogP contribution in [-0.4, -0.2) is 11.0 Å². The molecule has 20 heavy (non-hydrogen) atoms. The molecule has 0 heterocycles. The van der Waals surface area contributed by atoms with Crippen LogP contribution in [0, 0.1) is 0 Å². The molecule has 0 fully saturated rings. The molecule has 0 aromatic heterocycles. The molecule has 0 atom stereocenters. The van der Waals surface area contributed by atoms with Crippen molar-refractivity contribution < 1.29 is 9.90 Å². The van der Waals surface area contributed by atoms with Gasteiger partial charge in [-0.25, -0.2) is 0 Å². The number of benzene rings is 2. The van der Waals surface area contributed by atoms with E-state index in [9.17, 15) is 9.90 Å². The molecule has 0 aliphatic rings. The summed E-state index contributed by atoms with van der Waals surface area (Å²) in [5, 5.41) is 13.3. The highest BCUT2D eigenvalue weighted by atomic mass is 79.9. The van der Waals surface area contributed by atoms with Gasteiger partial charge in [-0.05, 0) is 46.3 Å². The van der Waals surface area contributed by atoms with Crippen molar-refractivity contribution in [2.24, 2.45) is 0 Å². The number of aromatic hydroxyl groups is 1. The van der Waals surface area contributed by atoms with E-state index >= 15 is 0 Å². The Bertz CT molecular complexity index is 692. The smallest absolute Gasteiger partial charge is 0.259 e. The first kappa shape index (κ1) is 15.6. The Kier molecular flexibility index (Phi) is 4.96. The summed E-state index contributed by atoms with van der Waals surface area (Å²) >= 11 is 18.1. The van der Waals surface area contributed by atoms with Crippen LogP contribution in [0.4, 0.5) is 5.69 Å². The van der Waals surface area contributed by atoms with Crippen LogP contribution in [0.3, 0.4) is 0 Å². The summed E-state index contributed by atoms with van der Waals surface area (Å²) < 4.78 is 1.09. The Balaban J connectivity index is 2.30. The molecule has 3 nitrogen and oxygen atoms in total. The van der Waals surface area contributed by atoms with Crippen molar-refractivity contribution in [3.05, 3.63) is 54.9 Å². The molecule has 0 radical (unpaired) electrons. The molecule has 0 unspecified atom stereocenters. The van der Waals surface area contributed by atoms with E-state index in [-0.39, 0.29) is 11.3 Å². The number of phenolic OH excluding ortho intramolecular Hbond substituents is 1. The van der Waals surface area contributed by atoms with E-state index in [4.69, 9.17) is 23.2 Å². The molecule has 2 N–H and O–H groups in total. The second-order valence-electron chi connectivity index (χ2n) is 3.87. The van der Waals surface area contributed by atoms with Gasteiger partial charge in [0.1, 0.15) is 5.75 Å². The number of phenols is 1. The van der Waals surface area contributed by atoms with Crippen molar-refractivity contribution in [3.63, 3.8) is 0 Å². The first-order valence-corrected chi connectivity index (χ1v) is 7.67. The van der Waals surface area contributed by atoms with E-state index in [1.807, 2.05) is 0 Å². The zero-order valence-corrected chi connectivity index (χ0v) is 14.4. The second kappa shape index (κ2) is 6.35. The van der Waals surface area contributed by atoms with Gasteiger partial charge in [0, 0.05) is 10.2 Å². The minimum Gasteiger partial charge on any atom is -0.506 e. The Labute approximate surface area is 142 Å². The Hall–Kier alpha value is -0.750. The second-order valence-corrected chi connectivity index (χ2v) is 6.45. The average Bonchev–Trinajstić information content (AvgIpc) is 2.38. The van der Waals surface area contributed by atoms with Gasteiger partial charge >= 0.3 is 0 Å². The highest BCUT2D eigenvalue weighted by Crippen LogP contribution is 2.32. The zero-order valence-electron chi connectivity index (χ0n) is 9.75. The van der Waals surface area contributed by atoms with Gasteiger partial charge in [-0.3, -0.25) is 4.79 Å². The lowest BCUT2D eigenvalue weighted by atomic mass is 10.2. The van der Waals surface area contributed by atoms with Crippen molar-refractivity contribution in [1.29, 1.82) is 0 Å². The van der Waals surface area contributed by atoms with Crippen molar-refractivity contribution in [2.45, 2.75) is 0 Å². The molecule has 0 saturated heterocycles. The molecule has 104 valence electrons. The maximum absolute atomic E-state index is 12.1. The van der Waals surface area contributed by atoms with Gasteiger partial charge in [0.2, 0.25) is 0 Å². The van der Waals surface area contributed by atoms with Gasteiger partial charge in [-0.2, -0.15) is 0 Å². The van der Waals surface area contributed by atoms with Crippen LogP contribution in [0.5, 0.6) is 5.75 Å². The van der Waals surface area contributed by atoms with Crippen molar-refractivity contribution in [3.8, 4) is 5.75 Å². The zero-order chi connectivity index (χ0) is 14.9. The minimum atomic E-state index is -0.456. The molecule has 0 aliphatic heterocycles. The Morgan fingerprint density at radius 3 is 2.45 bits per heavy atom. The maximum Gasteiger partial charge on any atom is 0.259 e. The lowest BCUT2D eigenvalue weighted by molar-refractivity contribution is 0.102. The van der Waals surface area contributed by atoms with Crippen molar-refractivity contribution in [1.82, 2.24) is 0 Å². The van der Waals surface area contributed by atoms with E-state index in [1.54, 1.807) is 18.2 Å². The number of rotatable bonds is 2. The van der Waals surface area contributed by atoms with Crippen LogP contribution in [0.15, 0.2) is 39.3 Å². The lowest BCUT2D eigenvalue weighted by Crippen LogP contribution is -2.12. The SMILES string of the molecule is O=C(Nc1ccc(Cl)c(Cl)c1)c1cc(Br)cc(Br)c1O. The predicted molar refractivity (Wildman–Crippen MR) is 87.9 cm³/mol. The molecule has 7 heteroatoms. The van der Waals surface area contributed by atoms with Crippen LogP contribution in [0.1, 0.15) is 10.4 Å². The van der Waals surface area contributed by atoms with Crippen molar-refractivity contribution >= 4 is 66.7 Å². The first-order chi connectivity index (χ1) is 9.38. The van der Waals surface area contributed by atoms with Crippen LogP contribution >= 0.6 is 55.1 Å². The average molecular weight is 440 g/mol. The number of nitrogens with one attached hydrogen (secondary N) is 1. The molecular formula is C13H7Br2Cl2NO2. The molecule has 0 spiro atoms.